The molecule has 3 aromatic rings. The molecule has 1 aromatic carbocycles. The lowest BCUT2D eigenvalue weighted by Crippen LogP contribution is -2.35. The fourth-order valence-electron chi connectivity index (χ4n) is 3.92. The van der Waals surface area contributed by atoms with Gasteiger partial charge < -0.3 is 18.7 Å². The molecule has 0 unspecified atom stereocenters. The molecule has 3 heterocycles. The van der Waals surface area contributed by atoms with Crippen LogP contribution in [0, 0.1) is 13.8 Å². The van der Waals surface area contributed by atoms with Crippen LogP contribution in [0.25, 0.3) is 11.3 Å². The Balaban J connectivity index is 1.64. The third-order valence-corrected chi connectivity index (χ3v) is 5.50. The summed E-state index contributed by atoms with van der Waals surface area (Å²) in [6.45, 7) is 4.25. The van der Waals surface area contributed by atoms with E-state index in [-0.39, 0.29) is 11.9 Å². The number of nitrogens with zero attached hydrogens (tertiary/aromatic N) is 3. The fraction of sp³-hybridized carbons (Fsp3) is 0.409. The van der Waals surface area contributed by atoms with Gasteiger partial charge in [-0.1, -0.05) is 23.2 Å². The molecule has 1 aliphatic heterocycles. The number of amides is 1. The number of benzene rings is 1. The van der Waals surface area contributed by atoms with Gasteiger partial charge >= 0.3 is 0 Å². The van der Waals surface area contributed by atoms with Crippen molar-refractivity contribution in [2.45, 2.75) is 45.6 Å². The lowest BCUT2D eigenvalue weighted by molar-refractivity contribution is 0.0648. The van der Waals surface area contributed by atoms with Crippen LogP contribution in [0.5, 0.6) is 5.75 Å². The molecule has 1 saturated heterocycles. The lowest BCUT2D eigenvalue weighted by atomic mass is 10.0. The predicted octanol–water partition coefficient (Wildman–Crippen LogP) is 4.71. The maximum Gasteiger partial charge on any atom is 0.259 e. The van der Waals surface area contributed by atoms with Gasteiger partial charge in [0.1, 0.15) is 22.8 Å². The fourth-order valence-corrected chi connectivity index (χ4v) is 3.92. The zero-order valence-corrected chi connectivity index (χ0v) is 17.0. The van der Waals surface area contributed by atoms with E-state index in [1.54, 1.807) is 21.0 Å². The summed E-state index contributed by atoms with van der Waals surface area (Å²) in [4.78, 5) is 15.2. The predicted molar refractivity (Wildman–Crippen MR) is 107 cm³/mol. The van der Waals surface area contributed by atoms with Crippen molar-refractivity contribution in [3.63, 3.8) is 0 Å². The number of rotatable bonds is 4. The molecule has 1 aliphatic rings. The molecule has 7 nitrogen and oxygen atoms in total. The maximum atomic E-state index is 13.3. The number of carbonyl (C=O) groups is 1. The Morgan fingerprint density at radius 2 is 1.90 bits per heavy atom. The molecule has 4 rings (SSSR count). The van der Waals surface area contributed by atoms with E-state index in [1.807, 2.05) is 35.2 Å². The molecule has 7 heteroatoms. The first-order valence-corrected chi connectivity index (χ1v) is 9.93. The second-order valence-electron chi connectivity index (χ2n) is 7.41. The van der Waals surface area contributed by atoms with Gasteiger partial charge in [0.05, 0.1) is 18.8 Å². The van der Waals surface area contributed by atoms with Gasteiger partial charge in [-0.25, -0.2) is 0 Å². The van der Waals surface area contributed by atoms with Crippen LogP contribution in [0.3, 0.4) is 0 Å². The number of carbonyl (C=O) groups excluding carboxylic acids is 1. The van der Waals surface area contributed by atoms with Crippen molar-refractivity contribution in [2.24, 2.45) is 0 Å². The first-order chi connectivity index (χ1) is 14.1. The van der Waals surface area contributed by atoms with Gasteiger partial charge in [0.2, 0.25) is 0 Å². The van der Waals surface area contributed by atoms with E-state index in [1.165, 1.54) is 0 Å². The largest absolute Gasteiger partial charge is 0.497 e. The molecule has 0 spiro atoms. The third kappa shape index (κ3) is 3.77. The van der Waals surface area contributed by atoms with Gasteiger partial charge in [0, 0.05) is 18.2 Å². The van der Waals surface area contributed by atoms with Crippen LogP contribution < -0.4 is 4.74 Å². The number of ether oxygens (including phenoxy) is 1. The monoisotopic (exact) mass is 395 g/mol. The summed E-state index contributed by atoms with van der Waals surface area (Å²) in [6.07, 6.45) is 3.92. The average molecular weight is 395 g/mol. The Kier molecular flexibility index (Phi) is 5.38. The number of hydrogen-bond donors (Lipinski definition) is 0. The van der Waals surface area contributed by atoms with Crippen LogP contribution in [0.4, 0.5) is 0 Å². The number of likely N-dealkylation sites (tertiary alicyclic amines) is 1. The number of methoxy groups -OCH3 is 1. The minimum Gasteiger partial charge on any atom is -0.497 e. The van der Waals surface area contributed by atoms with Crippen molar-refractivity contribution in [1.29, 1.82) is 0 Å². The summed E-state index contributed by atoms with van der Waals surface area (Å²) >= 11 is 0. The van der Waals surface area contributed by atoms with Crippen molar-refractivity contribution in [3.05, 3.63) is 53.1 Å². The minimum absolute atomic E-state index is 0.0597. The molecule has 1 amide bonds. The standard InChI is InChI=1S/C22H25N3O4/c1-14-21(15(2)28-23-14)22(26)25-12-6-4-5-7-19(25)20-13-18(24-29-20)16-8-10-17(27-3)11-9-16/h8-11,13,19H,4-7,12H2,1-3H3/t19-/m1/s1. The molecule has 0 N–H and O–H groups in total. The van der Waals surface area contributed by atoms with Crippen molar-refractivity contribution in [2.75, 3.05) is 13.7 Å². The van der Waals surface area contributed by atoms with Crippen LogP contribution in [0.1, 0.15) is 59.3 Å². The van der Waals surface area contributed by atoms with Gasteiger partial charge in [-0.15, -0.1) is 0 Å². The molecule has 29 heavy (non-hydrogen) atoms. The van der Waals surface area contributed by atoms with Crippen LogP contribution in [-0.2, 0) is 0 Å². The van der Waals surface area contributed by atoms with Crippen LogP contribution in [0.2, 0.25) is 0 Å². The second-order valence-corrected chi connectivity index (χ2v) is 7.41. The summed E-state index contributed by atoms with van der Waals surface area (Å²) < 4.78 is 16.1. The van der Waals surface area contributed by atoms with E-state index < -0.39 is 0 Å². The van der Waals surface area contributed by atoms with E-state index in [2.05, 4.69) is 10.3 Å². The summed E-state index contributed by atoms with van der Waals surface area (Å²) in [5, 5.41) is 8.20. The van der Waals surface area contributed by atoms with Gasteiger partial charge in [-0.3, -0.25) is 4.79 Å². The van der Waals surface area contributed by atoms with Crippen molar-refractivity contribution in [3.8, 4) is 17.0 Å². The van der Waals surface area contributed by atoms with Crippen LogP contribution in [-0.4, -0.2) is 34.8 Å². The average Bonchev–Trinajstić information content (AvgIpc) is 3.26. The molecule has 2 aromatic heterocycles. The van der Waals surface area contributed by atoms with Gasteiger partial charge in [-0.2, -0.15) is 0 Å². The van der Waals surface area contributed by atoms with Gasteiger partial charge in [0.15, 0.2) is 5.76 Å². The number of aromatic nitrogens is 2. The molecule has 0 bridgehead atoms. The highest BCUT2D eigenvalue weighted by Gasteiger charge is 2.33. The second kappa shape index (κ2) is 8.11. The van der Waals surface area contributed by atoms with E-state index >= 15 is 0 Å². The topological polar surface area (TPSA) is 81.6 Å². The third-order valence-electron chi connectivity index (χ3n) is 5.50. The van der Waals surface area contributed by atoms with Crippen molar-refractivity contribution >= 4 is 5.91 Å². The normalized spacial score (nSPS) is 17.2. The molecule has 0 saturated carbocycles. The Hall–Kier alpha value is -3.09. The van der Waals surface area contributed by atoms with Crippen LogP contribution in [0.15, 0.2) is 39.4 Å². The first-order valence-electron chi connectivity index (χ1n) is 9.93. The Morgan fingerprint density at radius 3 is 2.59 bits per heavy atom. The maximum absolute atomic E-state index is 13.3. The zero-order valence-electron chi connectivity index (χ0n) is 17.0. The highest BCUT2D eigenvalue weighted by molar-refractivity contribution is 5.96. The van der Waals surface area contributed by atoms with Crippen molar-refractivity contribution < 1.29 is 18.6 Å². The Morgan fingerprint density at radius 1 is 1.10 bits per heavy atom. The minimum atomic E-state index is -0.154. The summed E-state index contributed by atoms with van der Waals surface area (Å²) in [6, 6.07) is 9.45. The highest BCUT2D eigenvalue weighted by Crippen LogP contribution is 2.34. The summed E-state index contributed by atoms with van der Waals surface area (Å²) in [5.41, 5.74) is 2.86. The Labute approximate surface area is 169 Å². The smallest absolute Gasteiger partial charge is 0.259 e. The molecular weight excluding hydrogens is 370 g/mol. The molecule has 0 radical (unpaired) electrons. The van der Waals surface area contributed by atoms with Crippen LogP contribution >= 0.6 is 0 Å². The molecule has 0 aliphatic carbocycles. The molecular formula is C22H25N3O4. The van der Waals surface area contributed by atoms with Crippen molar-refractivity contribution in [1.82, 2.24) is 15.2 Å². The van der Waals surface area contributed by atoms with E-state index in [4.69, 9.17) is 13.8 Å². The quantitative estimate of drug-likeness (QED) is 0.636. The van der Waals surface area contributed by atoms with Gasteiger partial charge in [-0.05, 0) is 51.0 Å². The lowest BCUT2D eigenvalue weighted by Gasteiger charge is -2.28. The SMILES string of the molecule is COc1ccc(-c2cc([C@H]3CCCCCN3C(=O)c3c(C)noc3C)on2)cc1. The molecule has 152 valence electrons. The van der Waals surface area contributed by atoms with E-state index in [9.17, 15) is 4.79 Å². The zero-order chi connectivity index (χ0) is 20.4. The summed E-state index contributed by atoms with van der Waals surface area (Å²) in [7, 11) is 1.64. The molecule has 1 fully saturated rings. The van der Waals surface area contributed by atoms with E-state index in [0.717, 1.165) is 42.7 Å². The highest BCUT2D eigenvalue weighted by atomic mass is 16.5. The van der Waals surface area contributed by atoms with Gasteiger partial charge in [0.25, 0.3) is 5.91 Å². The number of aryl methyl sites for hydroxylation is 2. The number of hydrogen-bond acceptors (Lipinski definition) is 6. The Bertz CT molecular complexity index is 970. The first kappa shape index (κ1) is 19.2. The van der Waals surface area contributed by atoms with E-state index in [0.29, 0.717) is 29.3 Å². The molecule has 1 atom stereocenters. The summed E-state index contributed by atoms with van der Waals surface area (Å²) in [5.74, 6) is 1.98.